The summed E-state index contributed by atoms with van der Waals surface area (Å²) in [5.74, 6) is -0.235. The lowest BCUT2D eigenvalue weighted by Gasteiger charge is -2.30. The Labute approximate surface area is 158 Å². The number of carbonyl (C=O) groups is 1. The third-order valence-electron chi connectivity index (χ3n) is 4.47. The molecule has 0 heterocycles. The Bertz CT molecular complexity index is 897. The second kappa shape index (κ2) is 7.73. The molecule has 0 spiro atoms. The first-order valence-electron chi connectivity index (χ1n) is 8.49. The van der Waals surface area contributed by atoms with Crippen LogP contribution in [0.15, 0.2) is 78.9 Å². The predicted octanol–water partition coefficient (Wildman–Crippen LogP) is 5.24. The van der Waals surface area contributed by atoms with Gasteiger partial charge in [-0.3, -0.25) is 4.79 Å². The molecule has 0 fully saturated rings. The van der Waals surface area contributed by atoms with E-state index in [1.54, 1.807) is 30.3 Å². The summed E-state index contributed by atoms with van der Waals surface area (Å²) < 4.78 is 0. The Hall–Kier alpha value is -2.62. The Balaban J connectivity index is 2.04. The topological polar surface area (TPSA) is 49.3 Å². The average molecular weight is 366 g/mol. The van der Waals surface area contributed by atoms with E-state index in [4.69, 9.17) is 11.6 Å². The molecule has 4 heteroatoms. The first kappa shape index (κ1) is 18.2. The van der Waals surface area contributed by atoms with Gasteiger partial charge in [0, 0.05) is 21.8 Å². The molecule has 2 N–H and O–H groups in total. The van der Waals surface area contributed by atoms with E-state index in [0.29, 0.717) is 28.3 Å². The molecule has 1 unspecified atom stereocenters. The summed E-state index contributed by atoms with van der Waals surface area (Å²) >= 11 is 6.20. The van der Waals surface area contributed by atoms with Gasteiger partial charge in [0.05, 0.1) is 0 Å². The Morgan fingerprint density at radius 1 is 1.00 bits per heavy atom. The zero-order valence-electron chi connectivity index (χ0n) is 14.4. The highest BCUT2D eigenvalue weighted by molar-refractivity contribution is 6.30. The molecule has 3 nitrogen and oxygen atoms in total. The smallest absolute Gasteiger partial charge is 0.255 e. The van der Waals surface area contributed by atoms with Gasteiger partial charge in [-0.1, -0.05) is 67.1 Å². The van der Waals surface area contributed by atoms with Crippen molar-refractivity contribution in [3.8, 4) is 0 Å². The van der Waals surface area contributed by atoms with E-state index < -0.39 is 5.60 Å². The van der Waals surface area contributed by atoms with Crippen LogP contribution in [0.1, 0.15) is 34.8 Å². The fraction of sp³-hybridized carbons (Fsp3) is 0.136. The normalized spacial score (nSPS) is 13.0. The lowest BCUT2D eigenvalue weighted by Crippen LogP contribution is -2.28. The van der Waals surface area contributed by atoms with E-state index in [-0.39, 0.29) is 5.91 Å². The van der Waals surface area contributed by atoms with E-state index >= 15 is 0 Å². The highest BCUT2D eigenvalue weighted by atomic mass is 35.5. The highest BCUT2D eigenvalue weighted by Crippen LogP contribution is 2.38. The van der Waals surface area contributed by atoms with Gasteiger partial charge in [0.2, 0.25) is 0 Å². The quantitative estimate of drug-likeness (QED) is 0.649. The number of nitrogens with one attached hydrogen (secondary N) is 1. The molecule has 1 amide bonds. The summed E-state index contributed by atoms with van der Waals surface area (Å²) in [5, 5.41) is 14.8. The minimum atomic E-state index is -1.26. The molecule has 0 saturated heterocycles. The molecule has 3 aromatic rings. The van der Waals surface area contributed by atoms with Gasteiger partial charge in [-0.15, -0.1) is 0 Å². The van der Waals surface area contributed by atoms with Crippen LogP contribution >= 0.6 is 11.6 Å². The second-order valence-electron chi connectivity index (χ2n) is 6.09. The molecule has 0 aliphatic heterocycles. The number of aliphatic hydroxyl groups is 1. The van der Waals surface area contributed by atoms with Crippen LogP contribution in [-0.2, 0) is 5.60 Å². The first-order valence-corrected chi connectivity index (χ1v) is 8.86. The molecule has 26 heavy (non-hydrogen) atoms. The Morgan fingerprint density at radius 2 is 1.62 bits per heavy atom. The molecule has 3 rings (SSSR count). The van der Waals surface area contributed by atoms with Gasteiger partial charge in [0.15, 0.2) is 0 Å². The summed E-state index contributed by atoms with van der Waals surface area (Å²) in [7, 11) is 0. The van der Waals surface area contributed by atoms with Crippen molar-refractivity contribution in [1.82, 2.24) is 0 Å². The van der Waals surface area contributed by atoms with Gasteiger partial charge in [0.25, 0.3) is 5.91 Å². The largest absolute Gasteiger partial charge is 0.380 e. The Morgan fingerprint density at radius 3 is 2.23 bits per heavy atom. The number of halogens is 1. The van der Waals surface area contributed by atoms with Gasteiger partial charge < -0.3 is 10.4 Å². The van der Waals surface area contributed by atoms with Crippen molar-refractivity contribution >= 4 is 23.2 Å². The molecule has 1 atom stereocenters. The number of hydrogen-bond acceptors (Lipinski definition) is 2. The van der Waals surface area contributed by atoms with Gasteiger partial charge in [-0.2, -0.15) is 0 Å². The SMILES string of the molecule is CCC(O)(c1ccccc1)c1cc(Cl)ccc1NC(=O)c1ccccc1. The minimum absolute atomic E-state index is 0.235. The molecule has 0 radical (unpaired) electrons. The molecule has 0 aromatic heterocycles. The Kier molecular flexibility index (Phi) is 5.40. The van der Waals surface area contributed by atoms with Crippen molar-refractivity contribution in [2.45, 2.75) is 18.9 Å². The molecule has 0 saturated carbocycles. The van der Waals surface area contributed by atoms with Crippen LogP contribution in [0.4, 0.5) is 5.69 Å². The van der Waals surface area contributed by atoms with Crippen LogP contribution in [0.25, 0.3) is 0 Å². The number of rotatable bonds is 5. The van der Waals surface area contributed by atoms with Crippen molar-refractivity contribution in [1.29, 1.82) is 0 Å². The third kappa shape index (κ3) is 3.64. The maximum absolute atomic E-state index is 12.6. The summed E-state index contributed by atoms with van der Waals surface area (Å²) in [5.41, 5.74) is 1.15. The number of benzene rings is 3. The zero-order valence-corrected chi connectivity index (χ0v) is 15.2. The number of anilines is 1. The van der Waals surface area contributed by atoms with Gasteiger partial charge >= 0.3 is 0 Å². The van der Waals surface area contributed by atoms with Crippen molar-refractivity contribution in [2.24, 2.45) is 0 Å². The van der Waals surface area contributed by atoms with Crippen molar-refractivity contribution < 1.29 is 9.90 Å². The third-order valence-corrected chi connectivity index (χ3v) is 4.71. The summed E-state index contributed by atoms with van der Waals surface area (Å²) in [6, 6.07) is 23.5. The zero-order chi connectivity index (χ0) is 18.6. The maximum atomic E-state index is 12.6. The maximum Gasteiger partial charge on any atom is 0.255 e. The standard InChI is InChI=1S/C22H20ClNO2/c1-2-22(26,17-11-7-4-8-12-17)19-15-18(23)13-14-20(19)24-21(25)16-9-5-3-6-10-16/h3-15,26H,2H2,1H3,(H,24,25). The fourth-order valence-corrected chi connectivity index (χ4v) is 3.19. The molecule has 132 valence electrons. The number of amides is 1. The fourth-order valence-electron chi connectivity index (χ4n) is 3.02. The van der Waals surface area contributed by atoms with Crippen LogP contribution in [0, 0.1) is 0 Å². The van der Waals surface area contributed by atoms with Crippen LogP contribution in [-0.4, -0.2) is 11.0 Å². The first-order chi connectivity index (χ1) is 12.5. The molecule has 3 aromatic carbocycles. The summed E-state index contributed by atoms with van der Waals surface area (Å²) in [6.45, 7) is 1.90. The molecule has 0 aliphatic rings. The van der Waals surface area contributed by atoms with E-state index in [9.17, 15) is 9.90 Å². The van der Waals surface area contributed by atoms with E-state index in [1.807, 2.05) is 55.5 Å². The lowest BCUT2D eigenvalue weighted by atomic mass is 9.83. The van der Waals surface area contributed by atoms with Gasteiger partial charge in [-0.25, -0.2) is 0 Å². The molecular weight excluding hydrogens is 346 g/mol. The van der Waals surface area contributed by atoms with Crippen LogP contribution in [0.2, 0.25) is 5.02 Å². The van der Waals surface area contributed by atoms with Crippen LogP contribution in [0.5, 0.6) is 0 Å². The predicted molar refractivity (Wildman–Crippen MR) is 106 cm³/mol. The summed E-state index contributed by atoms with van der Waals surface area (Å²) in [4.78, 5) is 12.6. The molecule has 0 aliphatic carbocycles. The highest BCUT2D eigenvalue weighted by Gasteiger charge is 2.32. The lowest BCUT2D eigenvalue weighted by molar-refractivity contribution is 0.0771. The number of hydrogen-bond donors (Lipinski definition) is 2. The summed E-state index contributed by atoms with van der Waals surface area (Å²) in [6.07, 6.45) is 0.436. The van der Waals surface area contributed by atoms with E-state index in [0.717, 1.165) is 5.56 Å². The molecular formula is C22H20ClNO2. The van der Waals surface area contributed by atoms with E-state index in [2.05, 4.69) is 5.32 Å². The van der Waals surface area contributed by atoms with E-state index in [1.165, 1.54) is 0 Å². The van der Waals surface area contributed by atoms with Crippen LogP contribution < -0.4 is 5.32 Å². The second-order valence-corrected chi connectivity index (χ2v) is 6.53. The van der Waals surface area contributed by atoms with Gasteiger partial charge in [0.1, 0.15) is 5.60 Å². The number of carbonyl (C=O) groups excluding carboxylic acids is 1. The van der Waals surface area contributed by atoms with Crippen LogP contribution in [0.3, 0.4) is 0 Å². The van der Waals surface area contributed by atoms with Crippen molar-refractivity contribution in [3.05, 3.63) is 101 Å². The monoisotopic (exact) mass is 365 g/mol. The van der Waals surface area contributed by atoms with Gasteiger partial charge in [-0.05, 0) is 42.3 Å². The molecule has 0 bridgehead atoms. The minimum Gasteiger partial charge on any atom is -0.380 e. The van der Waals surface area contributed by atoms with Crippen molar-refractivity contribution in [3.63, 3.8) is 0 Å². The van der Waals surface area contributed by atoms with Crippen molar-refractivity contribution in [2.75, 3.05) is 5.32 Å². The average Bonchev–Trinajstić information content (AvgIpc) is 2.70.